The Kier molecular flexibility index (Phi) is 6.75. The van der Waals surface area contributed by atoms with Crippen LogP contribution in [0, 0.1) is 5.41 Å². The van der Waals surface area contributed by atoms with E-state index in [0.717, 1.165) is 48.6 Å². The molecule has 0 bridgehead atoms. The van der Waals surface area contributed by atoms with Gasteiger partial charge in [0.1, 0.15) is 11.4 Å². The second-order valence-electron chi connectivity index (χ2n) is 10.5. The molecule has 2 heterocycles. The number of carbonyl (C=O) groups excluding carboxylic acids is 1. The maximum absolute atomic E-state index is 12.8. The Hall–Kier alpha value is -2.96. The van der Waals surface area contributed by atoms with Gasteiger partial charge in [0.25, 0.3) is 16.8 Å². The summed E-state index contributed by atoms with van der Waals surface area (Å²) in [4.78, 5) is 43.2. The highest BCUT2D eigenvalue weighted by molar-refractivity contribution is 14.1. The highest BCUT2D eigenvalue weighted by atomic mass is 127. The predicted octanol–water partition coefficient (Wildman–Crippen LogP) is 3.59. The Bertz CT molecular complexity index is 1410. The van der Waals surface area contributed by atoms with Crippen LogP contribution in [0.25, 0.3) is 0 Å². The molecule has 1 atom stereocenters. The standard InChI is InChI=1S/C26H31IN6O4/c1-32(2)25(37)20-21(34)16(8-11-28-20)29-18-19(23(36)22(18)35)30-24(26(13-27)9-4-5-10-26)17-15(14-6-7-14)12-33(3)31-17/h8,11-12,14,24,30,34H,4-7,9-10,13H2,1-3H3,(H,28,29). The highest BCUT2D eigenvalue weighted by Gasteiger charge is 2.46. The molecule has 2 aromatic heterocycles. The molecule has 1 amide bonds. The lowest BCUT2D eigenvalue weighted by atomic mass is 9.77. The number of halogens is 1. The van der Waals surface area contributed by atoms with Crippen LogP contribution in [0.2, 0.25) is 0 Å². The van der Waals surface area contributed by atoms with E-state index in [2.05, 4.69) is 44.4 Å². The van der Waals surface area contributed by atoms with Gasteiger partial charge in [-0.1, -0.05) is 35.4 Å². The molecule has 2 aliphatic carbocycles. The average molecular weight is 618 g/mol. The van der Waals surface area contributed by atoms with E-state index in [1.165, 1.54) is 22.7 Å². The van der Waals surface area contributed by atoms with Crippen LogP contribution in [0.3, 0.4) is 0 Å². The lowest BCUT2D eigenvalue weighted by molar-refractivity contribution is 0.0819. The largest absolute Gasteiger partial charge is 0.504 e. The number of pyridine rings is 1. The molecule has 5 rings (SSSR count). The number of hydrogen-bond donors (Lipinski definition) is 3. The van der Waals surface area contributed by atoms with Crippen molar-refractivity contribution in [3.8, 4) is 5.75 Å². The van der Waals surface area contributed by atoms with Gasteiger partial charge in [-0.3, -0.25) is 19.1 Å². The topological polar surface area (TPSA) is 129 Å². The molecule has 10 nitrogen and oxygen atoms in total. The third-order valence-electron chi connectivity index (χ3n) is 7.65. The van der Waals surface area contributed by atoms with Crippen molar-refractivity contribution in [1.29, 1.82) is 0 Å². The van der Waals surface area contributed by atoms with Gasteiger partial charge in [-0.05, 0) is 43.2 Å². The van der Waals surface area contributed by atoms with Crippen LogP contribution in [0.1, 0.15) is 72.2 Å². The van der Waals surface area contributed by atoms with Crippen molar-refractivity contribution in [1.82, 2.24) is 19.7 Å². The third-order valence-corrected chi connectivity index (χ3v) is 9.17. The van der Waals surface area contributed by atoms with Crippen LogP contribution < -0.4 is 21.5 Å². The van der Waals surface area contributed by atoms with Crippen molar-refractivity contribution in [2.75, 3.05) is 29.2 Å². The highest BCUT2D eigenvalue weighted by Crippen LogP contribution is 2.53. The van der Waals surface area contributed by atoms with E-state index in [1.807, 2.05) is 11.7 Å². The van der Waals surface area contributed by atoms with Gasteiger partial charge in [0.2, 0.25) is 0 Å². The van der Waals surface area contributed by atoms with E-state index in [0.29, 0.717) is 5.92 Å². The Morgan fingerprint density at radius 2 is 1.92 bits per heavy atom. The Morgan fingerprint density at radius 3 is 2.54 bits per heavy atom. The van der Waals surface area contributed by atoms with Gasteiger partial charge in [-0.25, -0.2) is 4.98 Å². The fraction of sp³-hybridized carbons (Fsp3) is 0.500. The maximum atomic E-state index is 12.8. The molecular weight excluding hydrogens is 587 g/mol. The van der Waals surface area contributed by atoms with Crippen molar-refractivity contribution in [3.05, 3.63) is 55.9 Å². The van der Waals surface area contributed by atoms with E-state index in [1.54, 1.807) is 14.1 Å². The van der Waals surface area contributed by atoms with Gasteiger partial charge < -0.3 is 20.6 Å². The maximum Gasteiger partial charge on any atom is 0.275 e. The molecular formula is C26H31IN6O4. The van der Waals surface area contributed by atoms with E-state index in [4.69, 9.17) is 5.10 Å². The summed E-state index contributed by atoms with van der Waals surface area (Å²) >= 11 is 2.43. The number of alkyl halides is 1. The number of aryl methyl sites for hydroxylation is 1. The van der Waals surface area contributed by atoms with Crippen molar-refractivity contribution >= 4 is 45.6 Å². The molecule has 2 saturated carbocycles. The zero-order valence-corrected chi connectivity index (χ0v) is 23.3. The molecule has 11 heteroatoms. The Balaban J connectivity index is 1.53. The molecule has 3 N–H and O–H groups in total. The monoisotopic (exact) mass is 618 g/mol. The molecule has 0 aliphatic heterocycles. The second-order valence-corrected chi connectivity index (χ2v) is 11.2. The van der Waals surface area contributed by atoms with Crippen LogP contribution in [0.15, 0.2) is 28.0 Å². The minimum Gasteiger partial charge on any atom is -0.504 e. The summed E-state index contributed by atoms with van der Waals surface area (Å²) in [6.07, 6.45) is 9.95. The van der Waals surface area contributed by atoms with Crippen molar-refractivity contribution < 1.29 is 9.90 Å². The minimum absolute atomic E-state index is 0.0743. The van der Waals surface area contributed by atoms with E-state index in [-0.39, 0.29) is 40.0 Å². The molecule has 196 valence electrons. The second kappa shape index (κ2) is 9.73. The fourth-order valence-corrected chi connectivity index (χ4v) is 6.60. The van der Waals surface area contributed by atoms with Gasteiger partial charge in [0, 0.05) is 43.4 Å². The van der Waals surface area contributed by atoms with Gasteiger partial charge in [-0.15, -0.1) is 0 Å². The van der Waals surface area contributed by atoms with E-state index < -0.39 is 16.8 Å². The van der Waals surface area contributed by atoms with Crippen LogP contribution >= 0.6 is 22.6 Å². The molecule has 37 heavy (non-hydrogen) atoms. The summed E-state index contributed by atoms with van der Waals surface area (Å²) in [5, 5.41) is 21.9. The molecule has 2 fully saturated rings. The summed E-state index contributed by atoms with van der Waals surface area (Å²) < 4.78 is 2.73. The van der Waals surface area contributed by atoms with Crippen LogP contribution in [-0.4, -0.2) is 49.2 Å². The van der Waals surface area contributed by atoms with Gasteiger partial charge in [0.05, 0.1) is 17.4 Å². The molecule has 1 unspecified atom stereocenters. The summed E-state index contributed by atoms with van der Waals surface area (Å²) in [5.41, 5.74) is 1.05. The first-order chi connectivity index (χ1) is 17.7. The first-order valence-electron chi connectivity index (χ1n) is 12.5. The quantitative estimate of drug-likeness (QED) is 0.189. The minimum atomic E-state index is -0.670. The number of aromatic hydroxyl groups is 1. The summed E-state index contributed by atoms with van der Waals surface area (Å²) in [7, 11) is 5.03. The first kappa shape index (κ1) is 25.7. The van der Waals surface area contributed by atoms with Crippen LogP contribution in [0.4, 0.5) is 17.1 Å². The molecule has 3 aromatic rings. The zero-order valence-electron chi connectivity index (χ0n) is 21.2. The normalized spacial score (nSPS) is 17.6. The Morgan fingerprint density at radius 1 is 1.24 bits per heavy atom. The molecule has 1 aromatic carbocycles. The zero-order chi connectivity index (χ0) is 26.5. The fourth-order valence-electron chi connectivity index (χ4n) is 5.40. The van der Waals surface area contributed by atoms with Crippen LogP contribution in [-0.2, 0) is 7.05 Å². The lowest BCUT2D eigenvalue weighted by Gasteiger charge is -2.37. The Labute approximate surface area is 228 Å². The molecule has 0 radical (unpaired) electrons. The molecule has 0 spiro atoms. The smallest absolute Gasteiger partial charge is 0.275 e. The predicted molar refractivity (Wildman–Crippen MR) is 150 cm³/mol. The lowest BCUT2D eigenvalue weighted by Crippen LogP contribution is -2.41. The number of amides is 1. The summed E-state index contributed by atoms with van der Waals surface area (Å²) in [6.45, 7) is 0. The first-order valence-corrected chi connectivity index (χ1v) is 14.1. The van der Waals surface area contributed by atoms with Crippen molar-refractivity contribution in [3.63, 3.8) is 0 Å². The number of rotatable bonds is 9. The number of anilines is 3. The van der Waals surface area contributed by atoms with Crippen molar-refractivity contribution in [2.24, 2.45) is 12.5 Å². The average Bonchev–Trinajstić information content (AvgIpc) is 3.49. The van der Waals surface area contributed by atoms with E-state index >= 15 is 0 Å². The van der Waals surface area contributed by atoms with Gasteiger partial charge in [0.15, 0.2) is 11.4 Å². The van der Waals surface area contributed by atoms with Crippen LogP contribution in [0.5, 0.6) is 5.75 Å². The molecule has 0 saturated heterocycles. The van der Waals surface area contributed by atoms with Gasteiger partial charge in [-0.2, -0.15) is 5.10 Å². The van der Waals surface area contributed by atoms with Crippen molar-refractivity contribution in [2.45, 2.75) is 50.5 Å². The number of nitrogens with zero attached hydrogens (tertiary/aromatic N) is 4. The number of carbonyl (C=O) groups is 1. The van der Waals surface area contributed by atoms with Gasteiger partial charge >= 0.3 is 0 Å². The summed E-state index contributed by atoms with van der Waals surface area (Å²) in [6, 6.07) is 1.23. The molecule has 2 aliphatic rings. The number of hydrogen-bond acceptors (Lipinski definition) is 8. The third kappa shape index (κ3) is 4.51. The SMILES string of the molecule is CN(C)C(=O)c1nccc(Nc2c(NC(c3nn(C)cc3C3CC3)C3(CI)CCCC3)c(=O)c2=O)c1O. The van der Waals surface area contributed by atoms with E-state index in [9.17, 15) is 19.5 Å². The number of aromatic nitrogens is 3. The number of nitrogens with one attached hydrogen (secondary N) is 2. The summed E-state index contributed by atoms with van der Waals surface area (Å²) in [5.74, 6) is -0.373.